The number of pyridine rings is 2. The standard InChI is InChI=1S/C23H21F4N3O2/c24-14-7-17-18(10-29-21(17)28-9-14)19-6-13(23(25,26)27)5-15(30-19)8-16-11-1-3-12(4-2-11)20(16)22(31)32/h5-7,9-12,16,20H,1-4,8H2,(H,28,29)(H,31,32)/t11?,12?,16-,20-/m1/s1. The summed E-state index contributed by atoms with van der Waals surface area (Å²) in [5, 5.41) is 10.1. The fraction of sp³-hybridized carbons (Fsp3) is 0.435. The molecule has 2 bridgehead atoms. The molecule has 0 aromatic carbocycles. The zero-order valence-corrected chi connectivity index (χ0v) is 17.0. The van der Waals surface area contributed by atoms with E-state index in [1.54, 1.807) is 0 Å². The van der Waals surface area contributed by atoms with Crippen LogP contribution in [0.3, 0.4) is 0 Å². The summed E-state index contributed by atoms with van der Waals surface area (Å²) >= 11 is 0. The van der Waals surface area contributed by atoms with Gasteiger partial charge in [-0.2, -0.15) is 13.2 Å². The molecule has 0 amide bonds. The van der Waals surface area contributed by atoms with Crippen molar-refractivity contribution in [1.29, 1.82) is 0 Å². The Morgan fingerprint density at radius 3 is 2.53 bits per heavy atom. The average Bonchev–Trinajstić information content (AvgIpc) is 3.16. The van der Waals surface area contributed by atoms with E-state index in [2.05, 4.69) is 15.0 Å². The SMILES string of the molecule is O=C(O)[C@@H]1C2CCC(CC2)[C@H]1Cc1cc(C(F)(F)F)cc(-c2c[nH]c3ncc(F)cc23)n1. The number of carbonyl (C=O) groups is 1. The molecule has 0 saturated heterocycles. The van der Waals surface area contributed by atoms with Crippen LogP contribution in [0.25, 0.3) is 22.3 Å². The van der Waals surface area contributed by atoms with E-state index in [0.29, 0.717) is 16.6 Å². The van der Waals surface area contributed by atoms with Crippen LogP contribution in [-0.2, 0) is 17.4 Å². The number of hydrogen-bond donors (Lipinski definition) is 2. The van der Waals surface area contributed by atoms with Gasteiger partial charge in [-0.3, -0.25) is 9.78 Å². The Labute approximate surface area is 180 Å². The van der Waals surface area contributed by atoms with Crippen LogP contribution in [0.4, 0.5) is 17.6 Å². The molecule has 3 fully saturated rings. The smallest absolute Gasteiger partial charge is 0.416 e. The van der Waals surface area contributed by atoms with Gasteiger partial charge in [0.1, 0.15) is 11.5 Å². The fourth-order valence-corrected chi connectivity index (χ4v) is 5.68. The maximum atomic E-state index is 13.7. The maximum absolute atomic E-state index is 13.7. The normalized spacial score (nSPS) is 25.4. The number of halogens is 4. The molecule has 2 atom stereocenters. The summed E-state index contributed by atoms with van der Waals surface area (Å²) in [5.41, 5.74) is 0.0692. The second-order valence-corrected chi connectivity index (χ2v) is 8.89. The highest BCUT2D eigenvalue weighted by molar-refractivity contribution is 5.92. The highest BCUT2D eigenvalue weighted by atomic mass is 19.4. The number of rotatable bonds is 4. The summed E-state index contributed by atoms with van der Waals surface area (Å²) < 4.78 is 54.8. The number of carboxylic acid groups (broad SMARTS) is 1. The quantitative estimate of drug-likeness (QED) is 0.521. The van der Waals surface area contributed by atoms with E-state index in [-0.39, 0.29) is 35.6 Å². The molecule has 3 aromatic heterocycles. The van der Waals surface area contributed by atoms with Gasteiger partial charge in [-0.1, -0.05) is 0 Å². The van der Waals surface area contributed by atoms with E-state index in [9.17, 15) is 27.5 Å². The topological polar surface area (TPSA) is 78.9 Å². The van der Waals surface area contributed by atoms with Crippen LogP contribution in [0.5, 0.6) is 0 Å². The van der Waals surface area contributed by atoms with Gasteiger partial charge in [-0.25, -0.2) is 9.37 Å². The molecule has 0 radical (unpaired) electrons. The predicted molar refractivity (Wildman–Crippen MR) is 108 cm³/mol. The lowest BCUT2D eigenvalue weighted by Crippen LogP contribution is -2.45. The van der Waals surface area contributed by atoms with Gasteiger partial charge in [0.2, 0.25) is 0 Å². The summed E-state index contributed by atoms with van der Waals surface area (Å²) in [7, 11) is 0. The molecule has 0 unspecified atom stereocenters. The van der Waals surface area contributed by atoms with Gasteiger partial charge < -0.3 is 10.1 Å². The minimum Gasteiger partial charge on any atom is -0.481 e. The molecule has 3 heterocycles. The highest BCUT2D eigenvalue weighted by Crippen LogP contribution is 2.50. The van der Waals surface area contributed by atoms with Gasteiger partial charge in [-0.05, 0) is 68.1 Å². The third kappa shape index (κ3) is 3.63. The summed E-state index contributed by atoms with van der Waals surface area (Å²) in [6.07, 6.45) is 1.57. The van der Waals surface area contributed by atoms with E-state index in [1.807, 2.05) is 0 Å². The number of nitrogens with one attached hydrogen (secondary N) is 1. The van der Waals surface area contributed by atoms with E-state index in [1.165, 1.54) is 12.3 Å². The summed E-state index contributed by atoms with van der Waals surface area (Å²) in [4.78, 5) is 23.2. The van der Waals surface area contributed by atoms with Crippen molar-refractivity contribution in [3.05, 3.63) is 47.7 Å². The summed E-state index contributed by atoms with van der Waals surface area (Å²) in [6, 6.07) is 3.16. The van der Waals surface area contributed by atoms with Gasteiger partial charge in [0.15, 0.2) is 0 Å². The minimum atomic E-state index is -4.60. The Hall–Kier alpha value is -2.97. The second-order valence-electron chi connectivity index (χ2n) is 8.89. The van der Waals surface area contributed by atoms with Crippen LogP contribution < -0.4 is 0 Å². The molecule has 0 spiro atoms. The molecule has 2 N–H and O–H groups in total. The van der Waals surface area contributed by atoms with Crippen LogP contribution in [0.2, 0.25) is 0 Å². The number of nitrogens with zero attached hydrogens (tertiary/aromatic N) is 2. The zero-order valence-electron chi connectivity index (χ0n) is 17.0. The summed E-state index contributed by atoms with van der Waals surface area (Å²) in [6.45, 7) is 0. The predicted octanol–water partition coefficient (Wildman–Crippen LogP) is 5.46. The van der Waals surface area contributed by atoms with Crippen molar-refractivity contribution in [3.63, 3.8) is 0 Å². The van der Waals surface area contributed by atoms with Gasteiger partial charge in [0, 0.05) is 22.8 Å². The first-order chi connectivity index (χ1) is 15.2. The second kappa shape index (κ2) is 7.56. The number of H-pyrrole nitrogens is 1. The number of carboxylic acids is 1. The molecule has 9 heteroatoms. The Morgan fingerprint density at radius 1 is 1.12 bits per heavy atom. The van der Waals surface area contributed by atoms with Crippen LogP contribution >= 0.6 is 0 Å². The Kier molecular flexibility index (Phi) is 4.94. The maximum Gasteiger partial charge on any atom is 0.416 e. The van der Waals surface area contributed by atoms with Crippen LogP contribution in [0.15, 0.2) is 30.6 Å². The third-order valence-corrected chi connectivity index (χ3v) is 7.10. The minimum absolute atomic E-state index is 0.0568. The Bertz CT molecular complexity index is 1180. The largest absolute Gasteiger partial charge is 0.481 e. The molecule has 32 heavy (non-hydrogen) atoms. The molecule has 3 aliphatic rings. The molecule has 168 valence electrons. The van der Waals surface area contributed by atoms with Crippen molar-refractivity contribution in [1.82, 2.24) is 15.0 Å². The Morgan fingerprint density at radius 2 is 1.84 bits per heavy atom. The van der Waals surface area contributed by atoms with Crippen molar-refractivity contribution in [3.8, 4) is 11.3 Å². The molecule has 6 rings (SSSR count). The van der Waals surface area contributed by atoms with E-state index in [0.717, 1.165) is 44.0 Å². The lowest BCUT2D eigenvalue weighted by atomic mass is 9.57. The Balaban J connectivity index is 1.58. The highest BCUT2D eigenvalue weighted by Gasteiger charge is 2.47. The van der Waals surface area contributed by atoms with E-state index < -0.39 is 29.4 Å². The van der Waals surface area contributed by atoms with Gasteiger partial charge >= 0.3 is 12.1 Å². The van der Waals surface area contributed by atoms with Crippen molar-refractivity contribution in [2.45, 2.75) is 38.3 Å². The first kappa shape index (κ1) is 20.9. The number of aliphatic carboxylic acids is 1. The lowest BCUT2D eigenvalue weighted by Gasteiger charge is -2.46. The molecule has 5 nitrogen and oxygen atoms in total. The van der Waals surface area contributed by atoms with Crippen LogP contribution in [0, 0.1) is 29.5 Å². The van der Waals surface area contributed by atoms with E-state index in [4.69, 9.17) is 0 Å². The number of fused-ring (bicyclic) bond motifs is 4. The van der Waals surface area contributed by atoms with Gasteiger partial charge in [0.25, 0.3) is 0 Å². The van der Waals surface area contributed by atoms with E-state index >= 15 is 0 Å². The molecular formula is C23H21F4N3O2. The number of hydrogen-bond acceptors (Lipinski definition) is 3. The number of alkyl halides is 3. The van der Waals surface area contributed by atoms with Gasteiger partial charge in [-0.15, -0.1) is 0 Å². The molecule has 0 aliphatic heterocycles. The zero-order chi connectivity index (χ0) is 22.6. The van der Waals surface area contributed by atoms with Crippen LogP contribution in [-0.4, -0.2) is 26.0 Å². The van der Waals surface area contributed by atoms with Gasteiger partial charge in [0.05, 0.1) is 23.4 Å². The van der Waals surface area contributed by atoms with Crippen molar-refractivity contribution >= 4 is 17.0 Å². The monoisotopic (exact) mass is 447 g/mol. The molecule has 3 saturated carbocycles. The third-order valence-electron chi connectivity index (χ3n) is 7.10. The molecule has 3 aliphatic carbocycles. The van der Waals surface area contributed by atoms with Crippen molar-refractivity contribution in [2.24, 2.45) is 23.7 Å². The van der Waals surface area contributed by atoms with Crippen LogP contribution in [0.1, 0.15) is 36.9 Å². The molecular weight excluding hydrogens is 426 g/mol. The molecule has 3 aromatic rings. The summed E-state index contributed by atoms with van der Waals surface area (Å²) in [5.74, 6) is -2.05. The van der Waals surface area contributed by atoms with Crippen molar-refractivity contribution < 1.29 is 27.5 Å². The average molecular weight is 447 g/mol. The van der Waals surface area contributed by atoms with Crippen molar-refractivity contribution in [2.75, 3.05) is 0 Å². The fourth-order valence-electron chi connectivity index (χ4n) is 5.68. The number of aromatic nitrogens is 3. The number of aromatic amines is 1. The lowest BCUT2D eigenvalue weighted by molar-refractivity contribution is -0.152. The first-order valence-corrected chi connectivity index (χ1v) is 10.6. The first-order valence-electron chi connectivity index (χ1n) is 10.6.